The van der Waals surface area contributed by atoms with Gasteiger partial charge in [-0.15, -0.1) is 0 Å². The van der Waals surface area contributed by atoms with Crippen LogP contribution in [0.25, 0.3) is 0 Å². The van der Waals surface area contributed by atoms with Gasteiger partial charge in [0.1, 0.15) is 0 Å². The Kier molecular flexibility index (Phi) is 2.36. The van der Waals surface area contributed by atoms with Gasteiger partial charge in [-0.2, -0.15) is 0 Å². The highest BCUT2D eigenvalue weighted by atomic mass is 127. The first-order valence-electron chi connectivity index (χ1n) is 2.45. The lowest BCUT2D eigenvalue weighted by molar-refractivity contribution is 0.432. The number of hydrogen-bond acceptors (Lipinski definition) is 1. The van der Waals surface area contributed by atoms with Gasteiger partial charge in [-0.05, 0) is 28.7 Å². The van der Waals surface area contributed by atoms with Crippen LogP contribution < -0.4 is 0 Å². The molecule has 1 aromatic rings. The number of phenols is 1. The van der Waals surface area contributed by atoms with Gasteiger partial charge in [0.2, 0.25) is 0 Å². The van der Waals surface area contributed by atoms with E-state index in [-0.39, 0.29) is 0 Å². The molecule has 0 aromatic heterocycles. The minimum absolute atomic E-state index is 0.361. The molecule has 0 saturated heterocycles. The van der Waals surface area contributed by atoms with Crippen LogP contribution in [0.5, 0.6) is 5.75 Å². The van der Waals surface area contributed by atoms with E-state index in [1.54, 1.807) is 0 Å². The molecule has 0 spiro atoms. The fourth-order valence-electron chi connectivity index (χ4n) is 0.512. The first-order chi connectivity index (χ1) is 4.61. The number of aromatic hydroxyl groups is 1. The fraction of sp³-hybridized carbons (Fsp3) is 0. The Morgan fingerprint density at radius 1 is 1.50 bits per heavy atom. The Bertz CT molecular complexity index is 214. The quantitative estimate of drug-likeness (QED) is 0.569. The second kappa shape index (κ2) is 2.92. The number of halogens is 3. The van der Waals surface area contributed by atoms with Crippen molar-refractivity contribution in [3.8, 4) is 5.75 Å². The molecule has 0 radical (unpaired) electrons. The van der Waals surface area contributed by atoms with E-state index < -0.39 is 11.6 Å². The summed E-state index contributed by atoms with van der Waals surface area (Å²) in [5, 5.41) is 9.12. The van der Waals surface area contributed by atoms with E-state index in [9.17, 15) is 4.39 Å². The zero-order valence-electron chi connectivity index (χ0n) is 4.74. The lowest BCUT2D eigenvalue weighted by Crippen LogP contribution is -1.79. The van der Waals surface area contributed by atoms with E-state index in [0.717, 1.165) is 0 Å². The van der Waals surface area contributed by atoms with Gasteiger partial charge in [-0.25, -0.2) is 4.39 Å². The maximum Gasteiger partial charge on any atom is 0.165 e. The van der Waals surface area contributed by atoms with Crippen molar-refractivity contribution in [2.24, 2.45) is 0 Å². The largest absolute Gasteiger partial charge is 0.505 e. The molecule has 0 amide bonds. The molecule has 1 aromatic carbocycles. The predicted molar refractivity (Wildman–Crippen MR) is 45.8 cm³/mol. The van der Waals surface area contributed by atoms with Crippen LogP contribution in [-0.2, 0) is 0 Å². The molecule has 0 aliphatic rings. The Labute approximate surface area is 76.0 Å². The second-order valence-electron chi connectivity index (χ2n) is 1.72. The number of hydrogen-bond donors (Lipinski definition) is 1. The molecule has 1 rings (SSSR count). The summed E-state index contributed by atoms with van der Waals surface area (Å²) in [4.78, 5) is 0. The topological polar surface area (TPSA) is 20.2 Å². The van der Waals surface area contributed by atoms with Gasteiger partial charge in [0.25, 0.3) is 0 Å². The molecule has 0 aliphatic carbocycles. The number of phenolic OH excluding ortho intramolecular Hbond substituents is 1. The van der Waals surface area contributed by atoms with E-state index in [4.69, 9.17) is 16.7 Å². The summed E-state index contributed by atoms with van der Waals surface area (Å²) in [7, 11) is 0. The van der Waals surface area contributed by atoms with E-state index in [1.165, 1.54) is 12.1 Å². The van der Waals surface area contributed by atoms with Gasteiger partial charge in [-0.3, -0.25) is 0 Å². The summed E-state index contributed by atoms with van der Waals surface area (Å²) in [5.41, 5.74) is 0. The van der Waals surface area contributed by atoms with Gasteiger partial charge < -0.3 is 5.11 Å². The first-order valence-corrected chi connectivity index (χ1v) is 3.90. The van der Waals surface area contributed by atoms with Crippen molar-refractivity contribution >= 4 is 34.2 Å². The average Bonchev–Trinajstić information content (AvgIpc) is 1.84. The summed E-state index contributed by atoms with van der Waals surface area (Å²) < 4.78 is 13.0. The molecule has 0 atom stereocenters. The Morgan fingerprint density at radius 2 is 2.10 bits per heavy atom. The molecule has 1 nitrogen and oxygen atoms in total. The number of benzene rings is 1. The van der Waals surface area contributed by atoms with Crippen LogP contribution in [0.3, 0.4) is 0 Å². The highest BCUT2D eigenvalue weighted by Crippen LogP contribution is 2.25. The lowest BCUT2D eigenvalue weighted by atomic mass is 10.3. The van der Waals surface area contributed by atoms with E-state index in [1.807, 2.05) is 22.6 Å². The van der Waals surface area contributed by atoms with Crippen molar-refractivity contribution < 1.29 is 9.50 Å². The first kappa shape index (κ1) is 8.07. The van der Waals surface area contributed by atoms with Gasteiger partial charge in [-0.1, -0.05) is 11.6 Å². The SMILES string of the molecule is Oc1cc(Cl)c(I)cc1F. The Balaban J connectivity index is 3.28. The maximum absolute atomic E-state index is 12.4. The highest BCUT2D eigenvalue weighted by Gasteiger charge is 2.03. The summed E-state index contributed by atoms with van der Waals surface area (Å²) >= 11 is 7.44. The molecule has 0 saturated carbocycles. The van der Waals surface area contributed by atoms with Crippen LogP contribution in [0.4, 0.5) is 4.39 Å². The van der Waals surface area contributed by atoms with Gasteiger partial charge in [0.15, 0.2) is 11.6 Å². The summed E-state index contributed by atoms with van der Waals surface area (Å²) in [6, 6.07) is 2.36. The van der Waals surface area contributed by atoms with Crippen molar-refractivity contribution in [3.63, 3.8) is 0 Å². The molecule has 54 valence electrons. The molecule has 0 aliphatic heterocycles. The summed E-state index contributed by atoms with van der Waals surface area (Å²) in [5.74, 6) is -1.06. The standard InChI is InChI=1S/C6H3ClFIO/c7-3-1-6(10)4(8)2-5(3)9/h1-2,10H. The normalized spacial score (nSPS) is 9.90. The molecule has 10 heavy (non-hydrogen) atoms. The van der Waals surface area contributed by atoms with E-state index in [2.05, 4.69) is 0 Å². The van der Waals surface area contributed by atoms with Gasteiger partial charge >= 0.3 is 0 Å². The maximum atomic E-state index is 12.4. The summed E-state index contributed by atoms with van der Waals surface area (Å²) in [6.07, 6.45) is 0. The van der Waals surface area contributed by atoms with Crippen LogP contribution in [0.15, 0.2) is 12.1 Å². The monoisotopic (exact) mass is 272 g/mol. The van der Waals surface area contributed by atoms with Crippen LogP contribution in [-0.4, -0.2) is 5.11 Å². The number of rotatable bonds is 0. The molecule has 0 bridgehead atoms. The van der Waals surface area contributed by atoms with E-state index >= 15 is 0 Å². The molecule has 0 unspecified atom stereocenters. The molecule has 4 heteroatoms. The van der Waals surface area contributed by atoms with Crippen molar-refractivity contribution in [3.05, 3.63) is 26.5 Å². The predicted octanol–water partition coefficient (Wildman–Crippen LogP) is 2.79. The van der Waals surface area contributed by atoms with Crippen LogP contribution in [0, 0.1) is 9.39 Å². The molecule has 1 N–H and O–H groups in total. The van der Waals surface area contributed by atoms with Crippen molar-refractivity contribution in [2.45, 2.75) is 0 Å². The third kappa shape index (κ3) is 1.52. The third-order valence-electron chi connectivity index (χ3n) is 0.990. The summed E-state index contributed by atoms with van der Waals surface area (Å²) in [6.45, 7) is 0. The fourth-order valence-corrected chi connectivity index (χ4v) is 1.10. The minimum atomic E-state index is -0.645. The van der Waals surface area contributed by atoms with Crippen molar-refractivity contribution in [1.29, 1.82) is 0 Å². The Hall–Kier alpha value is -0.0300. The van der Waals surface area contributed by atoms with Gasteiger partial charge in [0.05, 0.1) is 5.02 Å². The van der Waals surface area contributed by atoms with Crippen molar-refractivity contribution in [2.75, 3.05) is 0 Å². The second-order valence-corrected chi connectivity index (χ2v) is 3.29. The zero-order valence-corrected chi connectivity index (χ0v) is 7.65. The Morgan fingerprint density at radius 3 is 2.60 bits per heavy atom. The third-order valence-corrected chi connectivity index (χ3v) is 2.51. The van der Waals surface area contributed by atoms with Crippen LogP contribution >= 0.6 is 34.2 Å². The highest BCUT2D eigenvalue weighted by molar-refractivity contribution is 14.1. The lowest BCUT2D eigenvalue weighted by Gasteiger charge is -1.97. The molecule has 0 heterocycles. The van der Waals surface area contributed by atoms with Crippen LogP contribution in [0.1, 0.15) is 0 Å². The van der Waals surface area contributed by atoms with E-state index in [0.29, 0.717) is 8.59 Å². The van der Waals surface area contributed by atoms with Gasteiger partial charge in [0, 0.05) is 9.64 Å². The minimum Gasteiger partial charge on any atom is -0.505 e. The zero-order chi connectivity index (χ0) is 7.72. The molecular weight excluding hydrogens is 269 g/mol. The molecule has 0 fully saturated rings. The molecular formula is C6H3ClFIO. The van der Waals surface area contributed by atoms with Crippen molar-refractivity contribution in [1.82, 2.24) is 0 Å². The smallest absolute Gasteiger partial charge is 0.165 e. The van der Waals surface area contributed by atoms with Crippen LogP contribution in [0.2, 0.25) is 5.02 Å². The average molecular weight is 272 g/mol.